The molecule has 4 unspecified atom stereocenters. The molecular formula is C33H35N5O9. The minimum atomic E-state index is -1.47. The summed E-state index contributed by atoms with van der Waals surface area (Å²) in [5.74, 6) is -5.23. The Morgan fingerprint density at radius 3 is 1.70 bits per heavy atom. The van der Waals surface area contributed by atoms with E-state index in [1.165, 1.54) is 48.5 Å². The molecule has 4 atom stereocenters. The van der Waals surface area contributed by atoms with Crippen molar-refractivity contribution in [1.29, 1.82) is 0 Å². The second kappa shape index (κ2) is 15.4. The van der Waals surface area contributed by atoms with Crippen molar-refractivity contribution in [3.63, 3.8) is 0 Å². The average Bonchev–Trinajstić information content (AvgIpc) is 3.44. The van der Waals surface area contributed by atoms with Gasteiger partial charge in [0.15, 0.2) is 0 Å². The third-order valence-corrected chi connectivity index (χ3v) is 7.46. The molecule has 246 valence electrons. The molecule has 0 saturated heterocycles. The van der Waals surface area contributed by atoms with Crippen molar-refractivity contribution < 1.29 is 44.4 Å². The molecular weight excluding hydrogens is 610 g/mol. The van der Waals surface area contributed by atoms with Crippen LogP contribution in [0.25, 0.3) is 10.9 Å². The summed E-state index contributed by atoms with van der Waals surface area (Å²) in [6.07, 6.45) is 0.685. The summed E-state index contributed by atoms with van der Waals surface area (Å²) in [6, 6.07) is 13.4. The number of carboxylic acids is 2. The van der Waals surface area contributed by atoms with Gasteiger partial charge in [-0.3, -0.25) is 19.2 Å². The first-order chi connectivity index (χ1) is 22.4. The number of amides is 3. The van der Waals surface area contributed by atoms with Crippen LogP contribution in [0.15, 0.2) is 79.0 Å². The number of carbonyl (C=O) groups is 5. The van der Waals surface area contributed by atoms with Crippen LogP contribution in [-0.2, 0) is 43.2 Å². The minimum absolute atomic E-state index is 0.0102. The Kier molecular flexibility index (Phi) is 11.1. The molecule has 4 aromatic rings. The zero-order valence-corrected chi connectivity index (χ0v) is 25.1. The number of aromatic nitrogens is 1. The van der Waals surface area contributed by atoms with E-state index in [4.69, 9.17) is 10.8 Å². The van der Waals surface area contributed by atoms with Crippen LogP contribution in [0.4, 0.5) is 0 Å². The van der Waals surface area contributed by atoms with Crippen molar-refractivity contribution in [3.8, 4) is 11.5 Å². The van der Waals surface area contributed by atoms with E-state index < -0.39 is 60.2 Å². The molecule has 1 aromatic heterocycles. The monoisotopic (exact) mass is 645 g/mol. The lowest BCUT2D eigenvalue weighted by Gasteiger charge is -2.25. The first kappa shape index (κ1) is 34.0. The van der Waals surface area contributed by atoms with E-state index in [-0.39, 0.29) is 30.8 Å². The SMILES string of the molecule is NC(CC(=O)O)C(=O)NC(Cc1ccc(O)cc1)C(=O)NC(Cc1c[nH]c2ccccc12)C(=O)NC(Cc1ccc(O)cc1)C(=O)O. The van der Waals surface area contributed by atoms with Crippen LogP contribution in [0.2, 0.25) is 0 Å². The predicted molar refractivity (Wildman–Crippen MR) is 169 cm³/mol. The third-order valence-electron chi connectivity index (χ3n) is 7.46. The van der Waals surface area contributed by atoms with Crippen LogP contribution in [-0.4, -0.2) is 79.2 Å². The lowest BCUT2D eigenvalue weighted by atomic mass is 10.0. The summed E-state index contributed by atoms with van der Waals surface area (Å²) >= 11 is 0. The number of nitrogens with two attached hydrogens (primary N) is 1. The molecule has 3 aromatic carbocycles. The zero-order valence-electron chi connectivity index (χ0n) is 25.1. The maximum Gasteiger partial charge on any atom is 0.326 e. The standard InChI is InChI=1S/C33H35N5O9/c34-24(16-29(41)42)30(43)36-26(13-18-5-9-21(39)10-6-18)31(44)37-27(15-20-17-35-25-4-2-1-3-23(20)25)32(45)38-28(33(46)47)14-19-7-11-22(40)12-8-19/h1-12,17,24,26-28,35,39-40H,13-16,34H2,(H,36,43)(H,37,44)(H,38,45)(H,41,42)(H,46,47). The molecule has 3 amide bonds. The summed E-state index contributed by atoms with van der Waals surface area (Å²) < 4.78 is 0. The van der Waals surface area contributed by atoms with Crippen LogP contribution in [0.3, 0.4) is 0 Å². The van der Waals surface area contributed by atoms with Crippen molar-refractivity contribution in [3.05, 3.63) is 95.7 Å². The number of fused-ring (bicyclic) bond motifs is 1. The molecule has 10 N–H and O–H groups in total. The number of para-hydroxylation sites is 1. The molecule has 0 saturated carbocycles. The fourth-order valence-electron chi connectivity index (χ4n) is 4.98. The Morgan fingerprint density at radius 1 is 0.660 bits per heavy atom. The van der Waals surface area contributed by atoms with Gasteiger partial charge in [0, 0.05) is 36.4 Å². The number of benzene rings is 3. The smallest absolute Gasteiger partial charge is 0.326 e. The van der Waals surface area contributed by atoms with Gasteiger partial charge in [-0.05, 0) is 47.0 Å². The van der Waals surface area contributed by atoms with Crippen LogP contribution < -0.4 is 21.7 Å². The number of phenolic OH excluding ortho intramolecular Hbond substituents is 2. The van der Waals surface area contributed by atoms with Gasteiger partial charge in [0.1, 0.15) is 29.6 Å². The summed E-state index contributed by atoms with van der Waals surface area (Å²) in [5, 5.41) is 46.6. The number of carbonyl (C=O) groups excluding carboxylic acids is 3. The Balaban J connectivity index is 1.62. The highest BCUT2D eigenvalue weighted by Gasteiger charge is 2.31. The quantitative estimate of drug-likeness (QED) is 0.0886. The number of nitrogens with one attached hydrogen (secondary N) is 4. The number of aromatic hydroxyl groups is 2. The van der Waals surface area contributed by atoms with Gasteiger partial charge in [0.05, 0.1) is 12.5 Å². The van der Waals surface area contributed by atoms with E-state index in [1.54, 1.807) is 12.3 Å². The Morgan fingerprint density at radius 2 is 1.15 bits per heavy atom. The highest BCUT2D eigenvalue weighted by Crippen LogP contribution is 2.20. The molecule has 14 heteroatoms. The highest BCUT2D eigenvalue weighted by molar-refractivity contribution is 5.95. The van der Waals surface area contributed by atoms with Crippen LogP contribution in [0.5, 0.6) is 11.5 Å². The summed E-state index contributed by atoms with van der Waals surface area (Å²) in [6.45, 7) is 0. The van der Waals surface area contributed by atoms with Crippen LogP contribution in [0, 0.1) is 0 Å². The van der Waals surface area contributed by atoms with Gasteiger partial charge in [-0.25, -0.2) is 4.79 Å². The first-order valence-electron chi connectivity index (χ1n) is 14.6. The lowest BCUT2D eigenvalue weighted by Crippen LogP contribution is -2.58. The molecule has 4 rings (SSSR count). The Bertz CT molecular complexity index is 1740. The van der Waals surface area contributed by atoms with E-state index in [1.807, 2.05) is 18.2 Å². The number of rotatable bonds is 15. The fraction of sp³-hybridized carbons (Fsp3) is 0.242. The molecule has 0 aliphatic heterocycles. The molecule has 0 radical (unpaired) electrons. The fourth-order valence-corrected chi connectivity index (χ4v) is 4.98. The molecule has 0 aliphatic carbocycles. The van der Waals surface area contributed by atoms with Gasteiger partial charge < -0.3 is 47.1 Å². The maximum atomic E-state index is 13.8. The van der Waals surface area contributed by atoms with E-state index in [9.17, 15) is 39.3 Å². The Hall–Kier alpha value is -5.89. The van der Waals surface area contributed by atoms with Gasteiger partial charge in [0.25, 0.3) is 0 Å². The van der Waals surface area contributed by atoms with Gasteiger partial charge in [-0.1, -0.05) is 42.5 Å². The van der Waals surface area contributed by atoms with E-state index in [2.05, 4.69) is 20.9 Å². The number of H-pyrrole nitrogens is 1. The number of carboxylic acid groups (broad SMARTS) is 2. The number of aromatic amines is 1. The topological polar surface area (TPSA) is 244 Å². The normalized spacial score (nSPS) is 13.6. The Labute approximate surface area is 268 Å². The summed E-state index contributed by atoms with van der Waals surface area (Å²) in [7, 11) is 0. The second-order valence-corrected chi connectivity index (χ2v) is 11.0. The van der Waals surface area contributed by atoms with Gasteiger partial charge in [-0.15, -0.1) is 0 Å². The average molecular weight is 646 g/mol. The second-order valence-electron chi connectivity index (χ2n) is 11.0. The zero-order chi connectivity index (χ0) is 34.1. The van der Waals surface area contributed by atoms with E-state index >= 15 is 0 Å². The third kappa shape index (κ3) is 9.55. The van der Waals surface area contributed by atoms with E-state index in [0.717, 1.165) is 10.9 Å². The number of hydrogen-bond acceptors (Lipinski definition) is 8. The minimum Gasteiger partial charge on any atom is -0.508 e. The molecule has 0 aliphatic rings. The van der Waals surface area contributed by atoms with Crippen LogP contribution >= 0.6 is 0 Å². The first-order valence-corrected chi connectivity index (χ1v) is 14.6. The van der Waals surface area contributed by atoms with Crippen molar-refractivity contribution in [2.75, 3.05) is 0 Å². The van der Waals surface area contributed by atoms with E-state index in [0.29, 0.717) is 16.7 Å². The van der Waals surface area contributed by atoms with Gasteiger partial charge in [-0.2, -0.15) is 0 Å². The van der Waals surface area contributed by atoms with Crippen molar-refractivity contribution >= 4 is 40.6 Å². The molecule has 14 nitrogen and oxygen atoms in total. The number of hydrogen-bond donors (Lipinski definition) is 9. The van der Waals surface area contributed by atoms with Gasteiger partial charge in [0.2, 0.25) is 17.7 Å². The van der Waals surface area contributed by atoms with Gasteiger partial charge >= 0.3 is 11.9 Å². The summed E-state index contributed by atoms with van der Waals surface area (Å²) in [4.78, 5) is 66.7. The molecule has 47 heavy (non-hydrogen) atoms. The van der Waals surface area contributed by atoms with Crippen molar-refractivity contribution in [2.45, 2.75) is 49.9 Å². The van der Waals surface area contributed by atoms with Crippen molar-refractivity contribution in [1.82, 2.24) is 20.9 Å². The predicted octanol–water partition coefficient (Wildman–Crippen LogP) is 0.948. The summed E-state index contributed by atoms with van der Waals surface area (Å²) in [5.41, 5.74) is 8.20. The van der Waals surface area contributed by atoms with Crippen molar-refractivity contribution in [2.24, 2.45) is 5.73 Å². The number of phenols is 2. The molecule has 0 spiro atoms. The highest BCUT2D eigenvalue weighted by atomic mass is 16.4. The molecule has 0 fully saturated rings. The lowest BCUT2D eigenvalue weighted by molar-refractivity contribution is -0.142. The van der Waals surface area contributed by atoms with Crippen LogP contribution in [0.1, 0.15) is 23.1 Å². The maximum absolute atomic E-state index is 13.8. The number of aliphatic carboxylic acids is 2. The molecule has 1 heterocycles. The largest absolute Gasteiger partial charge is 0.508 e. The molecule has 0 bridgehead atoms.